The van der Waals surface area contributed by atoms with E-state index in [4.69, 9.17) is 5.73 Å². The molecule has 1 aromatic carbocycles. The van der Waals surface area contributed by atoms with Crippen LogP contribution in [-0.2, 0) is 4.74 Å². The Kier molecular flexibility index (Phi) is 4.07. The van der Waals surface area contributed by atoms with Gasteiger partial charge in [-0.15, -0.1) is 0 Å². The predicted molar refractivity (Wildman–Crippen MR) is 57.1 cm³/mol. The standard InChI is InChI=1S/C9H11N3O4/c10-9(13)16-5-4-11-7-2-1-3-8(6-7)12(14)15/h1-3,6,11H,4-5H2,(H2,10,13). The number of nitrogens with two attached hydrogens (primary N) is 1. The predicted octanol–water partition coefficient (Wildman–Crippen LogP) is 1.10. The summed E-state index contributed by atoms with van der Waals surface area (Å²) in [5.41, 5.74) is 5.34. The Bertz CT molecular complexity index is 394. The van der Waals surface area contributed by atoms with Gasteiger partial charge in [-0.3, -0.25) is 10.1 Å². The van der Waals surface area contributed by atoms with Gasteiger partial charge in [0.25, 0.3) is 5.69 Å². The first-order valence-corrected chi connectivity index (χ1v) is 4.50. The van der Waals surface area contributed by atoms with E-state index < -0.39 is 11.0 Å². The third-order valence-electron chi connectivity index (χ3n) is 1.73. The molecular weight excluding hydrogens is 214 g/mol. The number of carbonyl (C=O) groups is 1. The van der Waals surface area contributed by atoms with Crippen LogP contribution in [0.4, 0.5) is 16.2 Å². The van der Waals surface area contributed by atoms with Gasteiger partial charge >= 0.3 is 6.09 Å². The van der Waals surface area contributed by atoms with Crippen LogP contribution in [0, 0.1) is 10.1 Å². The smallest absolute Gasteiger partial charge is 0.404 e. The van der Waals surface area contributed by atoms with Gasteiger partial charge in [0.1, 0.15) is 6.61 Å². The summed E-state index contributed by atoms with van der Waals surface area (Å²) in [6.07, 6.45) is -0.846. The number of primary amides is 1. The zero-order chi connectivity index (χ0) is 12.0. The maximum absolute atomic E-state index is 10.5. The average Bonchev–Trinajstić information content (AvgIpc) is 2.24. The molecule has 3 N–H and O–H groups in total. The zero-order valence-corrected chi connectivity index (χ0v) is 8.38. The van der Waals surface area contributed by atoms with Crippen molar-refractivity contribution in [2.45, 2.75) is 0 Å². The molecule has 0 fully saturated rings. The molecule has 7 heteroatoms. The highest BCUT2D eigenvalue weighted by molar-refractivity contribution is 5.64. The molecule has 0 aromatic heterocycles. The number of nitrogens with zero attached hydrogens (tertiary/aromatic N) is 1. The number of ether oxygens (including phenoxy) is 1. The van der Waals surface area contributed by atoms with E-state index in [1.54, 1.807) is 12.1 Å². The molecule has 7 nitrogen and oxygen atoms in total. The van der Waals surface area contributed by atoms with Crippen molar-refractivity contribution in [3.63, 3.8) is 0 Å². The van der Waals surface area contributed by atoms with E-state index in [1.807, 2.05) is 0 Å². The lowest BCUT2D eigenvalue weighted by molar-refractivity contribution is -0.384. The van der Waals surface area contributed by atoms with E-state index in [0.29, 0.717) is 12.2 Å². The maximum atomic E-state index is 10.5. The Balaban J connectivity index is 2.45. The summed E-state index contributed by atoms with van der Waals surface area (Å²) in [4.78, 5) is 20.2. The lowest BCUT2D eigenvalue weighted by atomic mass is 10.3. The molecule has 0 spiro atoms. The summed E-state index contributed by atoms with van der Waals surface area (Å²) >= 11 is 0. The topological polar surface area (TPSA) is 107 Å². The second-order valence-corrected chi connectivity index (χ2v) is 2.90. The molecule has 16 heavy (non-hydrogen) atoms. The normalized spacial score (nSPS) is 9.50. The molecule has 0 radical (unpaired) electrons. The van der Waals surface area contributed by atoms with Crippen molar-refractivity contribution in [1.82, 2.24) is 0 Å². The van der Waals surface area contributed by atoms with Crippen molar-refractivity contribution in [2.24, 2.45) is 5.73 Å². The number of nitro groups is 1. The Morgan fingerprint density at radius 2 is 2.31 bits per heavy atom. The SMILES string of the molecule is NC(=O)OCCNc1cccc([N+](=O)[O-])c1. The summed E-state index contributed by atoms with van der Waals surface area (Å²) in [6, 6.07) is 6.03. The monoisotopic (exact) mass is 225 g/mol. The number of nitrogens with one attached hydrogen (secondary N) is 1. The number of amides is 1. The van der Waals surface area contributed by atoms with Crippen molar-refractivity contribution in [1.29, 1.82) is 0 Å². The van der Waals surface area contributed by atoms with Gasteiger partial charge in [0.2, 0.25) is 0 Å². The fourth-order valence-corrected chi connectivity index (χ4v) is 1.08. The third-order valence-corrected chi connectivity index (χ3v) is 1.73. The Labute approximate surface area is 91.3 Å². The molecule has 1 aromatic rings. The van der Waals surface area contributed by atoms with E-state index in [-0.39, 0.29) is 12.3 Å². The number of anilines is 1. The van der Waals surface area contributed by atoms with E-state index in [0.717, 1.165) is 0 Å². The van der Waals surface area contributed by atoms with Gasteiger partial charge in [0.05, 0.1) is 4.92 Å². The highest BCUT2D eigenvalue weighted by Crippen LogP contribution is 2.16. The Hall–Kier alpha value is -2.31. The van der Waals surface area contributed by atoms with Gasteiger partial charge in [-0.1, -0.05) is 6.07 Å². The number of rotatable bonds is 5. The number of non-ortho nitro benzene ring substituents is 1. The lowest BCUT2D eigenvalue weighted by Gasteiger charge is -2.05. The van der Waals surface area contributed by atoms with Crippen molar-refractivity contribution >= 4 is 17.5 Å². The molecule has 0 aliphatic rings. The van der Waals surface area contributed by atoms with Crippen molar-refractivity contribution in [3.05, 3.63) is 34.4 Å². The van der Waals surface area contributed by atoms with Crippen molar-refractivity contribution < 1.29 is 14.5 Å². The number of hydrogen-bond donors (Lipinski definition) is 2. The van der Waals surface area contributed by atoms with Gasteiger partial charge < -0.3 is 15.8 Å². The average molecular weight is 225 g/mol. The first-order chi connectivity index (χ1) is 7.59. The van der Waals surface area contributed by atoms with Gasteiger partial charge in [-0.25, -0.2) is 4.79 Å². The molecule has 0 saturated heterocycles. The van der Waals surface area contributed by atoms with Crippen LogP contribution >= 0.6 is 0 Å². The maximum Gasteiger partial charge on any atom is 0.404 e. The Morgan fingerprint density at radius 3 is 2.94 bits per heavy atom. The quantitative estimate of drug-likeness (QED) is 0.443. The number of carbonyl (C=O) groups excluding carboxylic acids is 1. The van der Waals surface area contributed by atoms with Crippen LogP contribution in [0.15, 0.2) is 24.3 Å². The molecule has 86 valence electrons. The highest BCUT2D eigenvalue weighted by Gasteiger charge is 2.04. The number of benzene rings is 1. The number of hydrogen-bond acceptors (Lipinski definition) is 5. The fraction of sp³-hybridized carbons (Fsp3) is 0.222. The highest BCUT2D eigenvalue weighted by atomic mass is 16.6. The lowest BCUT2D eigenvalue weighted by Crippen LogP contribution is -2.18. The van der Waals surface area contributed by atoms with E-state index in [1.165, 1.54) is 12.1 Å². The van der Waals surface area contributed by atoms with Crippen LogP contribution in [-0.4, -0.2) is 24.2 Å². The molecule has 0 bridgehead atoms. The molecule has 0 aliphatic heterocycles. The van der Waals surface area contributed by atoms with Crippen LogP contribution in [0.25, 0.3) is 0 Å². The minimum atomic E-state index is -0.846. The zero-order valence-electron chi connectivity index (χ0n) is 8.38. The van der Waals surface area contributed by atoms with Crippen molar-refractivity contribution in [3.8, 4) is 0 Å². The summed E-state index contributed by atoms with van der Waals surface area (Å²) in [6.45, 7) is 0.447. The molecule has 0 aliphatic carbocycles. The summed E-state index contributed by atoms with van der Waals surface area (Å²) in [5, 5.41) is 13.3. The Morgan fingerprint density at radius 1 is 1.56 bits per heavy atom. The van der Waals surface area contributed by atoms with Crippen LogP contribution in [0.3, 0.4) is 0 Å². The second-order valence-electron chi connectivity index (χ2n) is 2.90. The summed E-state index contributed by atoms with van der Waals surface area (Å²) in [7, 11) is 0. The molecule has 0 saturated carbocycles. The summed E-state index contributed by atoms with van der Waals surface area (Å²) in [5.74, 6) is 0. The van der Waals surface area contributed by atoms with Crippen LogP contribution in [0.1, 0.15) is 0 Å². The van der Waals surface area contributed by atoms with E-state index >= 15 is 0 Å². The number of nitro benzene ring substituents is 1. The summed E-state index contributed by atoms with van der Waals surface area (Å²) < 4.78 is 4.48. The largest absolute Gasteiger partial charge is 0.448 e. The minimum absolute atomic E-state index is 0.000759. The van der Waals surface area contributed by atoms with Crippen LogP contribution in [0.5, 0.6) is 0 Å². The second kappa shape index (κ2) is 5.54. The molecule has 0 unspecified atom stereocenters. The van der Waals surface area contributed by atoms with Gasteiger partial charge in [-0.05, 0) is 6.07 Å². The third kappa shape index (κ3) is 3.82. The van der Waals surface area contributed by atoms with Crippen molar-refractivity contribution in [2.75, 3.05) is 18.5 Å². The first-order valence-electron chi connectivity index (χ1n) is 4.50. The van der Waals surface area contributed by atoms with Gasteiger partial charge in [0.15, 0.2) is 0 Å². The van der Waals surface area contributed by atoms with E-state index in [9.17, 15) is 14.9 Å². The molecular formula is C9H11N3O4. The van der Waals surface area contributed by atoms with Gasteiger partial charge in [0, 0.05) is 24.4 Å². The van der Waals surface area contributed by atoms with Gasteiger partial charge in [-0.2, -0.15) is 0 Å². The molecule has 1 rings (SSSR count). The molecule has 0 atom stereocenters. The van der Waals surface area contributed by atoms with E-state index in [2.05, 4.69) is 10.1 Å². The fourth-order valence-electron chi connectivity index (χ4n) is 1.08. The molecule has 0 heterocycles. The first kappa shape index (κ1) is 11.8. The molecule has 1 amide bonds. The van der Waals surface area contributed by atoms with Crippen LogP contribution in [0.2, 0.25) is 0 Å². The van der Waals surface area contributed by atoms with Crippen LogP contribution < -0.4 is 11.1 Å². The minimum Gasteiger partial charge on any atom is -0.448 e.